The summed E-state index contributed by atoms with van der Waals surface area (Å²) in [6, 6.07) is 0.796. The van der Waals surface area contributed by atoms with E-state index < -0.39 is 0 Å². The lowest BCUT2D eigenvalue weighted by Gasteiger charge is -2.33. The molecular formula is C6H12N2. The summed E-state index contributed by atoms with van der Waals surface area (Å²) in [5.74, 6) is 1.76. The molecule has 2 heterocycles. The van der Waals surface area contributed by atoms with E-state index in [1.165, 1.54) is 13.0 Å². The molecule has 2 saturated heterocycles. The Kier molecular flexibility index (Phi) is 0.866. The molecule has 0 radical (unpaired) electrons. The highest BCUT2D eigenvalue weighted by atomic mass is 15.0. The van der Waals surface area contributed by atoms with Gasteiger partial charge in [-0.25, -0.2) is 0 Å². The predicted octanol–water partition coefficient (Wildman–Crippen LogP) is -0.447. The van der Waals surface area contributed by atoms with E-state index in [2.05, 4.69) is 5.32 Å². The van der Waals surface area contributed by atoms with Crippen molar-refractivity contribution in [2.45, 2.75) is 12.5 Å². The van der Waals surface area contributed by atoms with Crippen LogP contribution in [-0.4, -0.2) is 19.1 Å². The number of nitrogens with one attached hydrogen (secondary N) is 1. The topological polar surface area (TPSA) is 38.0 Å². The first-order valence-electron chi connectivity index (χ1n) is 3.35. The van der Waals surface area contributed by atoms with Gasteiger partial charge in [-0.05, 0) is 31.3 Å². The van der Waals surface area contributed by atoms with Crippen LogP contribution in [0.3, 0.4) is 0 Å². The highest BCUT2D eigenvalue weighted by molar-refractivity contribution is 5.02. The third-order valence-corrected chi connectivity index (χ3v) is 2.59. The maximum atomic E-state index is 5.51. The summed E-state index contributed by atoms with van der Waals surface area (Å²) in [7, 11) is 0. The van der Waals surface area contributed by atoms with Gasteiger partial charge in [0, 0.05) is 6.04 Å². The van der Waals surface area contributed by atoms with Crippen LogP contribution in [0.1, 0.15) is 6.42 Å². The minimum Gasteiger partial charge on any atom is -0.330 e. The zero-order valence-electron chi connectivity index (χ0n) is 4.93. The lowest BCUT2D eigenvalue weighted by molar-refractivity contribution is 0.224. The van der Waals surface area contributed by atoms with Gasteiger partial charge in [0.1, 0.15) is 0 Å². The van der Waals surface area contributed by atoms with E-state index in [-0.39, 0.29) is 0 Å². The SMILES string of the molecule is NC[C@@H]1[C@@H]2CN[C@@H]1C2. The normalized spacial score (nSPS) is 51.4. The van der Waals surface area contributed by atoms with Gasteiger partial charge in [0.15, 0.2) is 0 Å². The average Bonchev–Trinajstić information content (AvgIpc) is 2.19. The third-order valence-electron chi connectivity index (χ3n) is 2.59. The van der Waals surface area contributed by atoms with Gasteiger partial charge in [0.2, 0.25) is 0 Å². The molecule has 2 heteroatoms. The van der Waals surface area contributed by atoms with Crippen molar-refractivity contribution in [2.75, 3.05) is 13.1 Å². The quantitative estimate of drug-likeness (QED) is 0.482. The van der Waals surface area contributed by atoms with Crippen LogP contribution in [0.15, 0.2) is 0 Å². The second-order valence-electron chi connectivity index (χ2n) is 2.91. The van der Waals surface area contributed by atoms with Crippen LogP contribution < -0.4 is 11.1 Å². The van der Waals surface area contributed by atoms with Crippen LogP contribution in [0.2, 0.25) is 0 Å². The maximum Gasteiger partial charge on any atom is 0.0114 e. The molecule has 3 rings (SSSR count). The van der Waals surface area contributed by atoms with Crippen molar-refractivity contribution in [3.63, 3.8) is 0 Å². The minimum atomic E-state index is 0.796. The Hall–Kier alpha value is -0.0800. The van der Waals surface area contributed by atoms with E-state index in [0.29, 0.717) is 0 Å². The van der Waals surface area contributed by atoms with Crippen molar-refractivity contribution >= 4 is 0 Å². The summed E-state index contributed by atoms with van der Waals surface area (Å²) in [5.41, 5.74) is 5.51. The van der Waals surface area contributed by atoms with Crippen molar-refractivity contribution in [2.24, 2.45) is 17.6 Å². The van der Waals surface area contributed by atoms with Gasteiger partial charge in [-0.15, -0.1) is 0 Å². The number of fused-ring (bicyclic) bond motifs is 1. The van der Waals surface area contributed by atoms with Gasteiger partial charge in [-0.3, -0.25) is 0 Å². The first kappa shape index (κ1) is 4.77. The zero-order chi connectivity index (χ0) is 5.56. The number of rotatable bonds is 1. The average molecular weight is 112 g/mol. The Morgan fingerprint density at radius 3 is 2.75 bits per heavy atom. The van der Waals surface area contributed by atoms with Crippen LogP contribution in [0.4, 0.5) is 0 Å². The summed E-state index contributed by atoms with van der Waals surface area (Å²) in [4.78, 5) is 0. The lowest BCUT2D eigenvalue weighted by Crippen LogP contribution is -2.41. The molecule has 2 aliphatic heterocycles. The van der Waals surface area contributed by atoms with Crippen molar-refractivity contribution in [3.05, 3.63) is 0 Å². The second-order valence-corrected chi connectivity index (χ2v) is 2.91. The molecule has 0 aromatic carbocycles. The van der Waals surface area contributed by atoms with Crippen LogP contribution in [-0.2, 0) is 0 Å². The Balaban J connectivity index is 2.02. The Labute approximate surface area is 49.4 Å². The molecule has 3 aliphatic rings. The Morgan fingerprint density at radius 2 is 2.50 bits per heavy atom. The molecule has 0 spiro atoms. The summed E-state index contributed by atoms with van der Waals surface area (Å²) in [6.45, 7) is 2.12. The van der Waals surface area contributed by atoms with Crippen LogP contribution in [0.5, 0.6) is 0 Å². The van der Waals surface area contributed by atoms with E-state index in [9.17, 15) is 0 Å². The highest BCUT2D eigenvalue weighted by Crippen LogP contribution is 2.38. The van der Waals surface area contributed by atoms with Crippen molar-refractivity contribution in [1.29, 1.82) is 0 Å². The molecule has 2 bridgehead atoms. The lowest BCUT2D eigenvalue weighted by atomic mass is 9.74. The largest absolute Gasteiger partial charge is 0.330 e. The molecule has 3 N–H and O–H groups in total. The minimum absolute atomic E-state index is 0.796. The summed E-state index contributed by atoms with van der Waals surface area (Å²) in [5, 5.41) is 3.41. The molecule has 1 aliphatic carbocycles. The number of hydrogen-bond donors (Lipinski definition) is 2. The first-order valence-corrected chi connectivity index (χ1v) is 3.35. The monoisotopic (exact) mass is 112 g/mol. The summed E-state index contributed by atoms with van der Waals surface area (Å²) in [6.07, 6.45) is 1.39. The molecule has 1 saturated carbocycles. The maximum absolute atomic E-state index is 5.51. The second kappa shape index (κ2) is 1.45. The van der Waals surface area contributed by atoms with E-state index in [4.69, 9.17) is 5.73 Å². The van der Waals surface area contributed by atoms with E-state index in [0.717, 1.165) is 24.4 Å². The predicted molar refractivity (Wildman–Crippen MR) is 32.4 cm³/mol. The Bertz CT molecular complexity index is 88.7. The van der Waals surface area contributed by atoms with E-state index in [1.54, 1.807) is 0 Å². The molecular weight excluding hydrogens is 100 g/mol. The van der Waals surface area contributed by atoms with Gasteiger partial charge in [-0.2, -0.15) is 0 Å². The summed E-state index contributed by atoms with van der Waals surface area (Å²) < 4.78 is 0. The van der Waals surface area contributed by atoms with Crippen LogP contribution in [0.25, 0.3) is 0 Å². The van der Waals surface area contributed by atoms with Gasteiger partial charge >= 0.3 is 0 Å². The van der Waals surface area contributed by atoms with Crippen LogP contribution >= 0.6 is 0 Å². The van der Waals surface area contributed by atoms with Crippen molar-refractivity contribution in [1.82, 2.24) is 5.32 Å². The summed E-state index contributed by atoms with van der Waals surface area (Å²) >= 11 is 0. The standard InChI is InChI=1S/C6H12N2/c7-2-5-4-1-6(5)8-3-4/h4-6,8H,1-3,7H2/t4-,5+,6+/m0/s1. The zero-order valence-corrected chi connectivity index (χ0v) is 4.93. The molecule has 0 aromatic heterocycles. The molecule has 8 heavy (non-hydrogen) atoms. The fraction of sp³-hybridized carbons (Fsp3) is 1.00. The fourth-order valence-corrected chi connectivity index (χ4v) is 1.94. The van der Waals surface area contributed by atoms with E-state index >= 15 is 0 Å². The molecule has 0 unspecified atom stereocenters. The molecule has 2 nitrogen and oxygen atoms in total. The molecule has 0 amide bonds. The highest BCUT2D eigenvalue weighted by Gasteiger charge is 2.45. The van der Waals surface area contributed by atoms with Crippen molar-refractivity contribution < 1.29 is 0 Å². The fourth-order valence-electron chi connectivity index (χ4n) is 1.94. The van der Waals surface area contributed by atoms with Crippen molar-refractivity contribution in [3.8, 4) is 0 Å². The number of nitrogens with two attached hydrogens (primary N) is 1. The van der Waals surface area contributed by atoms with Gasteiger partial charge in [-0.1, -0.05) is 0 Å². The van der Waals surface area contributed by atoms with Gasteiger partial charge < -0.3 is 11.1 Å². The first-order chi connectivity index (χ1) is 3.92. The van der Waals surface area contributed by atoms with Gasteiger partial charge in [0.05, 0.1) is 0 Å². The smallest absolute Gasteiger partial charge is 0.0114 e. The molecule has 46 valence electrons. The molecule has 0 aromatic rings. The number of hydrogen-bond acceptors (Lipinski definition) is 2. The van der Waals surface area contributed by atoms with Crippen LogP contribution in [0, 0.1) is 11.8 Å². The van der Waals surface area contributed by atoms with Gasteiger partial charge in [0.25, 0.3) is 0 Å². The third kappa shape index (κ3) is 0.400. The molecule has 3 fully saturated rings. The Morgan fingerprint density at radius 1 is 1.62 bits per heavy atom. The molecule has 3 atom stereocenters. The van der Waals surface area contributed by atoms with E-state index in [1.807, 2.05) is 0 Å².